The first kappa shape index (κ1) is 13.0. The van der Waals surface area contributed by atoms with Crippen LogP contribution in [-0.4, -0.2) is 24.2 Å². The lowest BCUT2D eigenvalue weighted by molar-refractivity contribution is -0.131. The molecule has 1 amide bonds. The monoisotopic (exact) mass is 224 g/mol. The van der Waals surface area contributed by atoms with Crippen LogP contribution in [0.2, 0.25) is 0 Å². The average molecular weight is 224 g/mol. The van der Waals surface area contributed by atoms with Crippen molar-refractivity contribution >= 4 is 5.91 Å². The molecule has 1 rings (SSSR count). The molecular weight excluding hydrogens is 204 g/mol. The van der Waals surface area contributed by atoms with Crippen molar-refractivity contribution in [1.82, 2.24) is 5.32 Å². The number of carbonyl (C=O) groups excluding carboxylic acids is 1. The quantitative estimate of drug-likeness (QED) is 0.712. The van der Waals surface area contributed by atoms with Crippen molar-refractivity contribution < 1.29 is 9.90 Å². The molecule has 90 valence electrons. The van der Waals surface area contributed by atoms with Gasteiger partial charge in [-0.15, -0.1) is 0 Å². The van der Waals surface area contributed by atoms with Crippen LogP contribution in [0.4, 0.5) is 0 Å². The molecule has 0 spiro atoms. The van der Waals surface area contributed by atoms with Crippen LogP contribution < -0.4 is 5.32 Å². The van der Waals surface area contributed by atoms with Crippen molar-refractivity contribution in [3.8, 4) is 6.07 Å². The van der Waals surface area contributed by atoms with Gasteiger partial charge in [0.05, 0.1) is 6.07 Å². The first-order valence-electron chi connectivity index (χ1n) is 5.99. The Bertz CT molecular complexity index is 279. The van der Waals surface area contributed by atoms with Crippen LogP contribution in [0.3, 0.4) is 0 Å². The van der Waals surface area contributed by atoms with E-state index in [-0.39, 0.29) is 12.5 Å². The number of nitrogens with one attached hydrogen (secondary N) is 1. The van der Waals surface area contributed by atoms with Gasteiger partial charge < -0.3 is 10.4 Å². The van der Waals surface area contributed by atoms with Crippen molar-refractivity contribution in [3.05, 3.63) is 0 Å². The zero-order valence-electron chi connectivity index (χ0n) is 9.83. The van der Waals surface area contributed by atoms with Crippen molar-refractivity contribution in [2.45, 2.75) is 39.0 Å². The maximum atomic E-state index is 11.8. The smallest absolute Gasteiger partial charge is 0.240 e. The van der Waals surface area contributed by atoms with Gasteiger partial charge >= 0.3 is 0 Å². The molecule has 2 N–H and O–H groups in total. The summed E-state index contributed by atoms with van der Waals surface area (Å²) in [5.41, 5.74) is -0.752. The van der Waals surface area contributed by atoms with Crippen LogP contribution >= 0.6 is 0 Å². The molecule has 0 aromatic heterocycles. The molecule has 0 saturated heterocycles. The lowest BCUT2D eigenvalue weighted by Gasteiger charge is -2.33. The van der Waals surface area contributed by atoms with E-state index in [2.05, 4.69) is 11.4 Å². The summed E-state index contributed by atoms with van der Waals surface area (Å²) in [5, 5.41) is 20.7. The first-order chi connectivity index (χ1) is 7.68. The Hall–Kier alpha value is -1.08. The minimum Gasteiger partial charge on any atom is -0.396 e. The highest BCUT2D eigenvalue weighted by Crippen LogP contribution is 2.40. The molecule has 1 fully saturated rings. The summed E-state index contributed by atoms with van der Waals surface area (Å²) in [7, 11) is 0. The molecular formula is C12H20N2O2. The third-order valence-electron chi connectivity index (χ3n) is 3.52. The SMILES string of the molecule is CCC(CCO)CNC(=O)C1(C#N)CCC1. The summed E-state index contributed by atoms with van der Waals surface area (Å²) in [6.45, 7) is 2.76. The van der Waals surface area contributed by atoms with Gasteiger partial charge in [-0.2, -0.15) is 5.26 Å². The summed E-state index contributed by atoms with van der Waals surface area (Å²) in [5.74, 6) is 0.183. The molecule has 1 aliphatic carbocycles. The highest BCUT2D eigenvalue weighted by atomic mass is 16.3. The summed E-state index contributed by atoms with van der Waals surface area (Å²) in [4.78, 5) is 11.8. The molecule has 16 heavy (non-hydrogen) atoms. The zero-order chi connectivity index (χ0) is 12.0. The first-order valence-corrected chi connectivity index (χ1v) is 5.99. The third kappa shape index (κ3) is 2.73. The van der Waals surface area contributed by atoms with Gasteiger partial charge in [-0.05, 0) is 31.6 Å². The second kappa shape index (κ2) is 5.86. The van der Waals surface area contributed by atoms with Gasteiger partial charge in [0.2, 0.25) is 5.91 Å². The topological polar surface area (TPSA) is 73.1 Å². The fraction of sp³-hybridized carbons (Fsp3) is 0.833. The molecule has 0 aliphatic heterocycles. The third-order valence-corrected chi connectivity index (χ3v) is 3.52. The van der Waals surface area contributed by atoms with Crippen molar-refractivity contribution in [1.29, 1.82) is 5.26 Å². The van der Waals surface area contributed by atoms with Crippen LogP contribution in [0.1, 0.15) is 39.0 Å². The molecule has 0 aromatic rings. The Morgan fingerprint density at radius 2 is 2.31 bits per heavy atom. The Balaban J connectivity index is 2.37. The Morgan fingerprint density at radius 1 is 1.62 bits per heavy atom. The van der Waals surface area contributed by atoms with E-state index in [1.807, 2.05) is 6.92 Å². The summed E-state index contributed by atoms with van der Waals surface area (Å²) >= 11 is 0. The van der Waals surface area contributed by atoms with E-state index in [0.29, 0.717) is 31.7 Å². The van der Waals surface area contributed by atoms with Crippen LogP contribution in [0.15, 0.2) is 0 Å². The highest BCUT2D eigenvalue weighted by Gasteiger charge is 2.44. The molecule has 0 radical (unpaired) electrons. The summed E-state index contributed by atoms with van der Waals surface area (Å²) in [6.07, 6.45) is 3.98. The number of nitrogens with zero attached hydrogens (tertiary/aromatic N) is 1. The number of aliphatic hydroxyl groups is 1. The number of aliphatic hydroxyl groups excluding tert-OH is 1. The lowest BCUT2D eigenvalue weighted by atomic mass is 9.69. The predicted octanol–water partition coefficient (Wildman–Crippen LogP) is 1.21. The van der Waals surface area contributed by atoms with Gasteiger partial charge in [-0.25, -0.2) is 0 Å². The molecule has 1 atom stereocenters. The molecule has 1 aliphatic rings. The molecule has 0 aromatic carbocycles. The van der Waals surface area contributed by atoms with Crippen molar-refractivity contribution in [2.75, 3.05) is 13.2 Å². The van der Waals surface area contributed by atoms with Crippen LogP contribution in [0, 0.1) is 22.7 Å². The zero-order valence-corrected chi connectivity index (χ0v) is 9.83. The normalized spacial score (nSPS) is 19.3. The van der Waals surface area contributed by atoms with E-state index in [1.165, 1.54) is 0 Å². The molecule has 0 heterocycles. The van der Waals surface area contributed by atoms with Gasteiger partial charge in [0, 0.05) is 13.2 Å². The number of hydrogen-bond donors (Lipinski definition) is 2. The van der Waals surface area contributed by atoms with E-state index >= 15 is 0 Å². The van der Waals surface area contributed by atoms with Crippen LogP contribution in [0.25, 0.3) is 0 Å². The van der Waals surface area contributed by atoms with Crippen LogP contribution in [-0.2, 0) is 4.79 Å². The summed E-state index contributed by atoms with van der Waals surface area (Å²) < 4.78 is 0. The number of rotatable bonds is 6. The number of hydrogen-bond acceptors (Lipinski definition) is 3. The number of amides is 1. The number of nitriles is 1. The maximum absolute atomic E-state index is 11.8. The Labute approximate surface area is 96.6 Å². The maximum Gasteiger partial charge on any atom is 0.240 e. The van der Waals surface area contributed by atoms with Gasteiger partial charge in [-0.1, -0.05) is 13.3 Å². The van der Waals surface area contributed by atoms with E-state index in [9.17, 15) is 4.79 Å². The van der Waals surface area contributed by atoms with Gasteiger partial charge in [0.25, 0.3) is 0 Å². The second-order valence-electron chi connectivity index (χ2n) is 4.54. The minimum atomic E-state index is -0.752. The van der Waals surface area contributed by atoms with E-state index in [1.54, 1.807) is 0 Å². The van der Waals surface area contributed by atoms with E-state index in [0.717, 1.165) is 12.8 Å². The van der Waals surface area contributed by atoms with Crippen LogP contribution in [0.5, 0.6) is 0 Å². The van der Waals surface area contributed by atoms with Gasteiger partial charge in [0.15, 0.2) is 0 Å². The second-order valence-corrected chi connectivity index (χ2v) is 4.54. The largest absolute Gasteiger partial charge is 0.396 e. The predicted molar refractivity (Wildman–Crippen MR) is 60.4 cm³/mol. The van der Waals surface area contributed by atoms with E-state index < -0.39 is 5.41 Å². The molecule has 1 saturated carbocycles. The molecule has 4 nitrogen and oxygen atoms in total. The molecule has 0 bridgehead atoms. The van der Waals surface area contributed by atoms with E-state index in [4.69, 9.17) is 10.4 Å². The fourth-order valence-corrected chi connectivity index (χ4v) is 1.96. The summed E-state index contributed by atoms with van der Waals surface area (Å²) in [6, 6.07) is 2.13. The fourth-order valence-electron chi connectivity index (χ4n) is 1.96. The van der Waals surface area contributed by atoms with Gasteiger partial charge in [0.1, 0.15) is 5.41 Å². The Morgan fingerprint density at radius 3 is 2.69 bits per heavy atom. The van der Waals surface area contributed by atoms with Crippen molar-refractivity contribution in [2.24, 2.45) is 11.3 Å². The van der Waals surface area contributed by atoms with Gasteiger partial charge in [-0.3, -0.25) is 4.79 Å². The average Bonchev–Trinajstić information content (AvgIpc) is 2.23. The molecule has 4 heteroatoms. The number of carbonyl (C=O) groups is 1. The lowest BCUT2D eigenvalue weighted by Crippen LogP contribution is -2.46. The standard InChI is InChI=1S/C12H20N2O2/c1-2-10(4-7-15)8-14-11(16)12(9-13)5-3-6-12/h10,15H,2-8H2,1H3,(H,14,16). The Kier molecular flexibility index (Phi) is 4.75. The molecule has 1 unspecified atom stereocenters. The highest BCUT2D eigenvalue weighted by molar-refractivity contribution is 5.86. The minimum absolute atomic E-state index is 0.127. The van der Waals surface area contributed by atoms with Crippen molar-refractivity contribution in [3.63, 3.8) is 0 Å².